The van der Waals surface area contributed by atoms with Crippen molar-refractivity contribution >= 4 is 27.3 Å². The Morgan fingerprint density at radius 2 is 1.82 bits per heavy atom. The first-order valence-electron chi connectivity index (χ1n) is 14.4. The van der Waals surface area contributed by atoms with Gasteiger partial charge in [0.25, 0.3) is 0 Å². The first-order chi connectivity index (χ1) is 19.3. The van der Waals surface area contributed by atoms with E-state index in [1.165, 1.54) is 0 Å². The summed E-state index contributed by atoms with van der Waals surface area (Å²) in [6, 6.07) is 6.37. The zero-order chi connectivity index (χ0) is 27.9. The number of hydrogen-bond donors (Lipinski definition) is 2. The number of ether oxygens (including phenoxy) is 1. The Bertz CT molecular complexity index is 1440. The SMILES string of the molecule is COC[C@H](C)Nc1ncc2c(-c3ccnc(N4CCN(S(=O)(=O)C5CC5)CC4)c3)cc(C3CCC(O)CC3)n2n1. The summed E-state index contributed by atoms with van der Waals surface area (Å²) < 4.78 is 34.3. The molecule has 4 heterocycles. The van der Waals surface area contributed by atoms with Crippen LogP contribution in [0.4, 0.5) is 11.8 Å². The van der Waals surface area contributed by atoms with Gasteiger partial charge in [-0.25, -0.2) is 22.9 Å². The zero-order valence-corrected chi connectivity index (χ0v) is 24.1. The number of hydrogen-bond acceptors (Lipinski definition) is 9. The minimum absolute atomic E-state index is 0.0632. The molecule has 6 rings (SSSR count). The van der Waals surface area contributed by atoms with Gasteiger partial charge in [0.2, 0.25) is 16.0 Å². The first-order valence-corrected chi connectivity index (χ1v) is 15.9. The number of nitrogens with zero attached hydrogens (tertiary/aromatic N) is 6. The highest BCUT2D eigenvalue weighted by Gasteiger charge is 2.41. The Labute approximate surface area is 235 Å². The summed E-state index contributed by atoms with van der Waals surface area (Å²) in [5, 5.41) is 18.1. The van der Waals surface area contributed by atoms with Crippen LogP contribution in [0.1, 0.15) is 57.1 Å². The predicted octanol–water partition coefficient (Wildman–Crippen LogP) is 2.87. The van der Waals surface area contributed by atoms with Crippen molar-refractivity contribution in [3.05, 3.63) is 36.3 Å². The second-order valence-corrected chi connectivity index (χ2v) is 13.6. The molecule has 0 aromatic carbocycles. The molecule has 2 aliphatic carbocycles. The fourth-order valence-corrected chi connectivity index (χ4v) is 7.82. The van der Waals surface area contributed by atoms with Crippen LogP contribution in [0.25, 0.3) is 16.6 Å². The number of aliphatic hydroxyl groups excluding tert-OH is 1. The van der Waals surface area contributed by atoms with Gasteiger partial charge in [-0.05, 0) is 69.2 Å². The molecule has 2 saturated carbocycles. The van der Waals surface area contributed by atoms with E-state index < -0.39 is 10.0 Å². The van der Waals surface area contributed by atoms with E-state index in [0.717, 1.165) is 66.7 Å². The molecule has 0 spiro atoms. The minimum Gasteiger partial charge on any atom is -0.393 e. The van der Waals surface area contributed by atoms with Crippen molar-refractivity contribution in [3.63, 3.8) is 0 Å². The molecule has 11 nitrogen and oxygen atoms in total. The van der Waals surface area contributed by atoms with E-state index >= 15 is 0 Å². The molecule has 0 radical (unpaired) electrons. The molecule has 0 unspecified atom stereocenters. The molecule has 1 saturated heterocycles. The molecule has 3 aliphatic rings. The molecular formula is C28H39N7O4S. The summed E-state index contributed by atoms with van der Waals surface area (Å²) in [4.78, 5) is 11.4. The van der Waals surface area contributed by atoms with Gasteiger partial charge in [-0.15, -0.1) is 5.10 Å². The van der Waals surface area contributed by atoms with Crippen LogP contribution < -0.4 is 10.2 Å². The van der Waals surface area contributed by atoms with Gasteiger partial charge in [0.1, 0.15) is 5.82 Å². The summed E-state index contributed by atoms with van der Waals surface area (Å²) >= 11 is 0. The lowest BCUT2D eigenvalue weighted by atomic mass is 9.85. The van der Waals surface area contributed by atoms with Crippen LogP contribution >= 0.6 is 0 Å². The number of aliphatic hydroxyl groups is 1. The third-order valence-corrected chi connectivity index (χ3v) is 10.8. The lowest BCUT2D eigenvalue weighted by molar-refractivity contribution is 0.121. The minimum atomic E-state index is -3.15. The molecule has 1 aliphatic heterocycles. The zero-order valence-electron chi connectivity index (χ0n) is 23.2. The van der Waals surface area contributed by atoms with Crippen molar-refractivity contribution in [2.24, 2.45) is 0 Å². The van der Waals surface area contributed by atoms with Crippen molar-refractivity contribution in [2.45, 2.75) is 68.8 Å². The number of fused-ring (bicyclic) bond motifs is 1. The highest BCUT2D eigenvalue weighted by atomic mass is 32.2. The van der Waals surface area contributed by atoms with Crippen LogP contribution in [0, 0.1) is 0 Å². The normalized spacial score (nSPS) is 23.4. The van der Waals surface area contributed by atoms with E-state index in [2.05, 4.69) is 32.3 Å². The smallest absolute Gasteiger partial charge is 0.241 e. The third-order valence-electron chi connectivity index (χ3n) is 8.38. The maximum absolute atomic E-state index is 12.7. The predicted molar refractivity (Wildman–Crippen MR) is 154 cm³/mol. The van der Waals surface area contributed by atoms with Gasteiger partial charge < -0.3 is 20.1 Å². The standard InChI is InChI=1S/C28H39N7O4S/c1-19(18-39-2)31-28-30-17-26-24(16-25(35(26)32-28)20-3-5-22(36)6-4-20)21-9-10-29-27(15-21)33-11-13-34(14-12-33)40(37,38)23-7-8-23/h9-10,15-17,19-20,22-23,36H,3-8,11-14,18H2,1-2H3,(H,31,32)/t19-,20?,22?/m0/s1. The van der Waals surface area contributed by atoms with Gasteiger partial charge in [-0.3, -0.25) is 0 Å². The maximum Gasteiger partial charge on any atom is 0.241 e. The molecule has 0 bridgehead atoms. The number of aromatic nitrogens is 4. The highest BCUT2D eigenvalue weighted by molar-refractivity contribution is 7.90. The van der Waals surface area contributed by atoms with E-state index in [9.17, 15) is 13.5 Å². The molecule has 0 amide bonds. The molecule has 3 aromatic rings. The van der Waals surface area contributed by atoms with Crippen LogP contribution in [0.2, 0.25) is 0 Å². The fraction of sp³-hybridized carbons (Fsp3) is 0.607. The van der Waals surface area contributed by atoms with E-state index in [1.54, 1.807) is 11.4 Å². The molecule has 2 N–H and O–H groups in total. The van der Waals surface area contributed by atoms with E-state index in [1.807, 2.05) is 29.9 Å². The monoisotopic (exact) mass is 569 g/mol. The van der Waals surface area contributed by atoms with Gasteiger partial charge in [-0.2, -0.15) is 4.31 Å². The van der Waals surface area contributed by atoms with Gasteiger partial charge >= 0.3 is 0 Å². The van der Waals surface area contributed by atoms with Crippen LogP contribution in [0.15, 0.2) is 30.6 Å². The van der Waals surface area contributed by atoms with Crippen molar-refractivity contribution in [1.29, 1.82) is 0 Å². The molecule has 3 aromatic heterocycles. The Morgan fingerprint density at radius 1 is 1.07 bits per heavy atom. The Hall–Kier alpha value is -2.80. The Kier molecular flexibility index (Phi) is 7.68. The lowest BCUT2D eigenvalue weighted by Crippen LogP contribution is -2.49. The topological polar surface area (TPSA) is 125 Å². The van der Waals surface area contributed by atoms with Crippen LogP contribution in [-0.4, -0.2) is 94.7 Å². The van der Waals surface area contributed by atoms with Crippen molar-refractivity contribution in [1.82, 2.24) is 23.9 Å². The van der Waals surface area contributed by atoms with Crippen molar-refractivity contribution in [2.75, 3.05) is 50.1 Å². The second kappa shape index (κ2) is 11.2. The fourth-order valence-electron chi connectivity index (χ4n) is 5.99. The molecule has 12 heteroatoms. The Morgan fingerprint density at radius 3 is 2.52 bits per heavy atom. The number of nitrogens with one attached hydrogen (secondary N) is 1. The summed E-state index contributed by atoms with van der Waals surface area (Å²) in [5.74, 6) is 1.69. The third kappa shape index (κ3) is 5.54. The summed E-state index contributed by atoms with van der Waals surface area (Å²) in [6.45, 7) is 4.79. The molecule has 3 fully saturated rings. The molecular weight excluding hydrogens is 530 g/mol. The average molecular weight is 570 g/mol. The Balaban J connectivity index is 1.29. The van der Waals surface area contributed by atoms with Gasteiger partial charge in [0, 0.05) is 62.7 Å². The largest absolute Gasteiger partial charge is 0.393 e. The van der Waals surface area contributed by atoms with Crippen LogP contribution in [0.3, 0.4) is 0 Å². The summed E-state index contributed by atoms with van der Waals surface area (Å²) in [6.07, 6.45) is 8.43. The lowest BCUT2D eigenvalue weighted by Gasteiger charge is -2.34. The number of anilines is 2. The number of sulfonamides is 1. The maximum atomic E-state index is 12.7. The van der Waals surface area contributed by atoms with E-state index in [-0.39, 0.29) is 17.4 Å². The number of pyridine rings is 1. The van der Waals surface area contributed by atoms with E-state index in [4.69, 9.17) is 9.84 Å². The number of piperazine rings is 1. The van der Waals surface area contributed by atoms with Crippen LogP contribution in [-0.2, 0) is 14.8 Å². The van der Waals surface area contributed by atoms with Crippen molar-refractivity contribution < 1.29 is 18.3 Å². The van der Waals surface area contributed by atoms with Gasteiger partial charge in [0.15, 0.2) is 0 Å². The van der Waals surface area contributed by atoms with Gasteiger partial charge in [-0.1, -0.05) is 0 Å². The molecule has 216 valence electrons. The summed E-state index contributed by atoms with van der Waals surface area (Å²) in [7, 11) is -1.48. The number of rotatable bonds is 9. The quantitative estimate of drug-likeness (QED) is 0.400. The molecule has 40 heavy (non-hydrogen) atoms. The van der Waals surface area contributed by atoms with Crippen LogP contribution in [0.5, 0.6) is 0 Å². The average Bonchev–Trinajstić information content (AvgIpc) is 3.76. The first kappa shape index (κ1) is 27.4. The second-order valence-electron chi connectivity index (χ2n) is 11.4. The van der Waals surface area contributed by atoms with E-state index in [0.29, 0.717) is 44.7 Å². The van der Waals surface area contributed by atoms with Crippen molar-refractivity contribution in [3.8, 4) is 11.1 Å². The molecule has 1 atom stereocenters. The van der Waals surface area contributed by atoms with Gasteiger partial charge in [0.05, 0.1) is 29.7 Å². The summed E-state index contributed by atoms with van der Waals surface area (Å²) in [5.41, 5.74) is 4.11. The highest BCUT2D eigenvalue weighted by Crippen LogP contribution is 2.38. The number of methoxy groups -OCH3 is 1.